The molecule has 138 valence electrons. The Kier molecular flexibility index (Phi) is 5.98. The Labute approximate surface area is 170 Å². The maximum absolute atomic E-state index is 12.4. The zero-order chi connectivity index (χ0) is 19.4. The van der Waals surface area contributed by atoms with Crippen molar-refractivity contribution in [3.8, 4) is 22.8 Å². The van der Waals surface area contributed by atoms with Gasteiger partial charge >= 0.3 is 0 Å². The molecule has 2 aromatic carbocycles. The molecule has 0 saturated carbocycles. The van der Waals surface area contributed by atoms with Crippen molar-refractivity contribution >= 4 is 39.1 Å². The minimum absolute atomic E-state index is 0.264. The minimum atomic E-state index is -0.264. The van der Waals surface area contributed by atoms with Gasteiger partial charge in [0.25, 0.3) is 5.91 Å². The summed E-state index contributed by atoms with van der Waals surface area (Å²) in [7, 11) is 3.17. The largest absolute Gasteiger partial charge is 0.493 e. The Hall–Kier alpha value is -2.57. The average Bonchev–Trinajstić information content (AvgIpc) is 2.70. The maximum atomic E-state index is 12.4. The standard InChI is InChI=1S/C20H16BrClN2O3/c1-26-18-8-4-12(9-19(18)27-2)17-7-3-13(11-23-17)20(25)24-14-5-6-15(21)16(22)10-14/h3-11H,1-2H3,(H,24,25). The van der Waals surface area contributed by atoms with Crippen molar-refractivity contribution in [2.24, 2.45) is 0 Å². The number of nitrogens with zero attached hydrogens (tertiary/aromatic N) is 1. The van der Waals surface area contributed by atoms with Gasteiger partial charge in [0, 0.05) is 21.9 Å². The number of carbonyl (C=O) groups is 1. The van der Waals surface area contributed by atoms with Crippen LogP contribution in [-0.2, 0) is 0 Å². The molecule has 0 spiro atoms. The molecule has 0 saturated heterocycles. The predicted molar refractivity (Wildman–Crippen MR) is 110 cm³/mol. The third-order valence-electron chi connectivity index (χ3n) is 3.88. The number of methoxy groups -OCH3 is 2. The summed E-state index contributed by atoms with van der Waals surface area (Å²) in [6.45, 7) is 0. The fourth-order valence-electron chi connectivity index (χ4n) is 2.47. The molecule has 0 radical (unpaired) electrons. The highest BCUT2D eigenvalue weighted by molar-refractivity contribution is 9.10. The van der Waals surface area contributed by atoms with Gasteiger partial charge in [0.1, 0.15) is 0 Å². The van der Waals surface area contributed by atoms with Crippen LogP contribution in [0.3, 0.4) is 0 Å². The van der Waals surface area contributed by atoms with E-state index in [4.69, 9.17) is 21.1 Å². The zero-order valence-corrected chi connectivity index (χ0v) is 17.0. The summed E-state index contributed by atoms with van der Waals surface area (Å²) in [6, 6.07) is 14.2. The zero-order valence-electron chi connectivity index (χ0n) is 14.6. The van der Waals surface area contributed by atoms with Crippen molar-refractivity contribution < 1.29 is 14.3 Å². The van der Waals surface area contributed by atoms with Gasteiger partial charge in [-0.15, -0.1) is 0 Å². The average molecular weight is 448 g/mol. The molecule has 0 unspecified atom stereocenters. The first-order chi connectivity index (χ1) is 13.0. The summed E-state index contributed by atoms with van der Waals surface area (Å²) in [5, 5.41) is 3.32. The second-order valence-electron chi connectivity index (χ2n) is 5.58. The van der Waals surface area contributed by atoms with Crippen LogP contribution in [0.4, 0.5) is 5.69 Å². The van der Waals surface area contributed by atoms with E-state index in [1.54, 1.807) is 44.6 Å². The van der Waals surface area contributed by atoms with Crippen molar-refractivity contribution in [2.45, 2.75) is 0 Å². The second-order valence-corrected chi connectivity index (χ2v) is 6.85. The van der Waals surface area contributed by atoms with E-state index in [0.29, 0.717) is 27.8 Å². The first-order valence-electron chi connectivity index (χ1n) is 7.96. The number of aromatic nitrogens is 1. The van der Waals surface area contributed by atoms with Gasteiger partial charge in [-0.05, 0) is 64.5 Å². The fraction of sp³-hybridized carbons (Fsp3) is 0.100. The molecule has 27 heavy (non-hydrogen) atoms. The molecule has 0 aliphatic heterocycles. The highest BCUT2D eigenvalue weighted by atomic mass is 79.9. The number of amides is 1. The van der Waals surface area contributed by atoms with Crippen LogP contribution in [-0.4, -0.2) is 25.1 Å². The lowest BCUT2D eigenvalue weighted by Crippen LogP contribution is -2.12. The SMILES string of the molecule is COc1ccc(-c2ccc(C(=O)Nc3ccc(Br)c(Cl)c3)cn2)cc1OC. The minimum Gasteiger partial charge on any atom is -0.493 e. The Morgan fingerprint density at radius 2 is 1.81 bits per heavy atom. The van der Waals surface area contributed by atoms with E-state index in [2.05, 4.69) is 26.2 Å². The van der Waals surface area contributed by atoms with Gasteiger partial charge < -0.3 is 14.8 Å². The topological polar surface area (TPSA) is 60.5 Å². The van der Waals surface area contributed by atoms with Crippen LogP contribution in [0.1, 0.15) is 10.4 Å². The monoisotopic (exact) mass is 446 g/mol. The molecule has 0 aliphatic rings. The van der Waals surface area contributed by atoms with Crippen molar-refractivity contribution in [2.75, 3.05) is 19.5 Å². The number of ether oxygens (including phenoxy) is 2. The van der Waals surface area contributed by atoms with Gasteiger partial charge in [0.15, 0.2) is 11.5 Å². The van der Waals surface area contributed by atoms with Crippen LogP contribution in [0.2, 0.25) is 5.02 Å². The molecule has 0 atom stereocenters. The van der Waals surface area contributed by atoms with Crippen LogP contribution in [0.15, 0.2) is 59.2 Å². The molecule has 1 aromatic heterocycles. The quantitative estimate of drug-likeness (QED) is 0.566. The first-order valence-corrected chi connectivity index (χ1v) is 9.14. The molecule has 7 heteroatoms. The lowest BCUT2D eigenvalue weighted by Gasteiger charge is -2.10. The van der Waals surface area contributed by atoms with Crippen LogP contribution < -0.4 is 14.8 Å². The third-order valence-corrected chi connectivity index (χ3v) is 5.11. The van der Waals surface area contributed by atoms with Crippen molar-refractivity contribution in [3.63, 3.8) is 0 Å². The molecular weight excluding hydrogens is 432 g/mol. The van der Waals surface area contributed by atoms with E-state index >= 15 is 0 Å². The maximum Gasteiger partial charge on any atom is 0.257 e. The Morgan fingerprint density at radius 1 is 1.04 bits per heavy atom. The summed E-state index contributed by atoms with van der Waals surface area (Å²) < 4.78 is 11.3. The number of rotatable bonds is 5. The lowest BCUT2D eigenvalue weighted by molar-refractivity contribution is 0.102. The van der Waals surface area contributed by atoms with Gasteiger partial charge in [-0.1, -0.05) is 11.6 Å². The molecule has 1 N–H and O–H groups in total. The van der Waals surface area contributed by atoms with Crippen molar-refractivity contribution in [3.05, 3.63) is 69.8 Å². The van der Waals surface area contributed by atoms with Gasteiger partial charge in [0.05, 0.1) is 30.5 Å². The Balaban J connectivity index is 1.78. The molecule has 1 amide bonds. The number of hydrogen-bond donors (Lipinski definition) is 1. The molecule has 0 bridgehead atoms. The predicted octanol–water partition coefficient (Wildman–Crippen LogP) is 5.43. The second kappa shape index (κ2) is 8.41. The highest BCUT2D eigenvalue weighted by Crippen LogP contribution is 2.31. The molecule has 3 rings (SSSR count). The Bertz CT molecular complexity index is 977. The molecule has 0 fully saturated rings. The van der Waals surface area contributed by atoms with Crippen molar-refractivity contribution in [1.82, 2.24) is 4.98 Å². The molecule has 5 nitrogen and oxygen atoms in total. The van der Waals surface area contributed by atoms with Crippen LogP contribution in [0.5, 0.6) is 11.5 Å². The van der Waals surface area contributed by atoms with Gasteiger partial charge in [-0.25, -0.2) is 0 Å². The number of benzene rings is 2. The fourth-order valence-corrected chi connectivity index (χ4v) is 2.90. The highest BCUT2D eigenvalue weighted by Gasteiger charge is 2.10. The van der Waals surface area contributed by atoms with E-state index in [1.165, 1.54) is 6.20 Å². The van der Waals surface area contributed by atoms with E-state index in [1.807, 2.05) is 18.2 Å². The number of nitrogens with one attached hydrogen (secondary N) is 1. The first kappa shape index (κ1) is 19.2. The summed E-state index contributed by atoms with van der Waals surface area (Å²) in [5.41, 5.74) is 2.63. The summed E-state index contributed by atoms with van der Waals surface area (Å²) >= 11 is 9.37. The van der Waals surface area contributed by atoms with Crippen LogP contribution in [0, 0.1) is 0 Å². The molecule has 1 heterocycles. The smallest absolute Gasteiger partial charge is 0.257 e. The Morgan fingerprint density at radius 3 is 2.44 bits per heavy atom. The van der Waals surface area contributed by atoms with Gasteiger partial charge in [-0.3, -0.25) is 9.78 Å². The summed E-state index contributed by atoms with van der Waals surface area (Å²) in [5.74, 6) is 0.996. The number of anilines is 1. The summed E-state index contributed by atoms with van der Waals surface area (Å²) in [6.07, 6.45) is 1.53. The van der Waals surface area contributed by atoms with E-state index in [9.17, 15) is 4.79 Å². The van der Waals surface area contributed by atoms with Crippen LogP contribution >= 0.6 is 27.5 Å². The number of halogens is 2. The van der Waals surface area contributed by atoms with Gasteiger partial charge in [-0.2, -0.15) is 0 Å². The number of carbonyl (C=O) groups excluding carboxylic acids is 1. The van der Waals surface area contributed by atoms with E-state index in [-0.39, 0.29) is 5.91 Å². The normalized spacial score (nSPS) is 10.4. The number of hydrogen-bond acceptors (Lipinski definition) is 4. The van der Waals surface area contributed by atoms with Crippen molar-refractivity contribution in [1.29, 1.82) is 0 Å². The van der Waals surface area contributed by atoms with E-state index in [0.717, 1.165) is 15.7 Å². The van der Waals surface area contributed by atoms with Crippen LogP contribution in [0.25, 0.3) is 11.3 Å². The molecular formula is C20H16BrClN2O3. The van der Waals surface area contributed by atoms with Gasteiger partial charge in [0.2, 0.25) is 0 Å². The lowest BCUT2D eigenvalue weighted by atomic mass is 10.1. The molecule has 3 aromatic rings. The third kappa shape index (κ3) is 4.40. The summed E-state index contributed by atoms with van der Waals surface area (Å²) in [4.78, 5) is 16.8. The van der Waals surface area contributed by atoms with E-state index < -0.39 is 0 Å². The molecule has 0 aliphatic carbocycles. The number of pyridine rings is 1.